The number of likely N-dealkylation sites (N-methyl/N-ethyl adjacent to an activating group) is 1. The lowest BCUT2D eigenvalue weighted by Gasteiger charge is -2.37. The van der Waals surface area contributed by atoms with Crippen LogP contribution in [0.3, 0.4) is 0 Å². The van der Waals surface area contributed by atoms with Gasteiger partial charge in [0.15, 0.2) is 0 Å². The lowest BCUT2D eigenvalue weighted by atomic mass is 9.90. The molecule has 0 aromatic heterocycles. The van der Waals surface area contributed by atoms with Gasteiger partial charge >= 0.3 is 0 Å². The molecule has 1 fully saturated rings. The van der Waals surface area contributed by atoms with Crippen LogP contribution in [0.4, 0.5) is 0 Å². The summed E-state index contributed by atoms with van der Waals surface area (Å²) in [5.41, 5.74) is 2.88. The number of hydrogen-bond acceptors (Lipinski definition) is 3. The fraction of sp³-hybridized carbons (Fsp3) is 0.667. The van der Waals surface area contributed by atoms with Crippen molar-refractivity contribution in [2.75, 3.05) is 27.2 Å². The smallest absolute Gasteiger partial charge is 0.0954 e. The standard InChI is InChI=1S/C18H28N2O/c1-19-15-7-9-16(10-8-15)20(2)13-18-17-6-4-3-5-14(17)11-12-21-18/h3-6,15-16,18-19H,7-13H2,1-2H3. The zero-order valence-corrected chi connectivity index (χ0v) is 13.3. The zero-order chi connectivity index (χ0) is 14.7. The molecule has 1 aromatic rings. The highest BCUT2D eigenvalue weighted by Gasteiger charge is 2.27. The average molecular weight is 288 g/mol. The number of nitrogens with zero attached hydrogens (tertiary/aromatic N) is 1. The molecule has 1 atom stereocenters. The molecule has 0 amide bonds. The van der Waals surface area contributed by atoms with Crippen molar-refractivity contribution in [1.82, 2.24) is 10.2 Å². The summed E-state index contributed by atoms with van der Waals surface area (Å²) in [6.45, 7) is 1.88. The Morgan fingerprint density at radius 1 is 1.19 bits per heavy atom. The number of nitrogens with one attached hydrogen (secondary N) is 1. The van der Waals surface area contributed by atoms with Crippen LogP contribution in [-0.2, 0) is 11.2 Å². The molecular formula is C18H28N2O. The molecule has 1 unspecified atom stereocenters. The van der Waals surface area contributed by atoms with Crippen molar-refractivity contribution in [3.05, 3.63) is 35.4 Å². The summed E-state index contributed by atoms with van der Waals surface area (Å²) >= 11 is 0. The molecule has 1 aliphatic carbocycles. The molecule has 1 N–H and O–H groups in total. The summed E-state index contributed by atoms with van der Waals surface area (Å²) in [7, 11) is 4.35. The molecule has 1 heterocycles. The minimum atomic E-state index is 0.252. The Labute approximate surface area is 128 Å². The molecule has 3 heteroatoms. The first kappa shape index (κ1) is 15.0. The van der Waals surface area contributed by atoms with Crippen molar-refractivity contribution in [3.63, 3.8) is 0 Å². The highest BCUT2D eigenvalue weighted by molar-refractivity contribution is 5.31. The maximum Gasteiger partial charge on any atom is 0.0954 e. The molecule has 0 radical (unpaired) electrons. The van der Waals surface area contributed by atoms with E-state index in [9.17, 15) is 0 Å². The van der Waals surface area contributed by atoms with Crippen molar-refractivity contribution in [1.29, 1.82) is 0 Å². The molecule has 0 bridgehead atoms. The van der Waals surface area contributed by atoms with Crippen molar-refractivity contribution in [2.45, 2.75) is 50.3 Å². The van der Waals surface area contributed by atoms with Gasteiger partial charge in [0.05, 0.1) is 12.7 Å². The molecular weight excluding hydrogens is 260 g/mol. The van der Waals surface area contributed by atoms with E-state index < -0.39 is 0 Å². The molecule has 2 aliphatic rings. The number of fused-ring (bicyclic) bond motifs is 1. The van der Waals surface area contributed by atoms with E-state index >= 15 is 0 Å². The van der Waals surface area contributed by atoms with Crippen LogP contribution in [0.25, 0.3) is 0 Å². The summed E-state index contributed by atoms with van der Waals surface area (Å²) in [6.07, 6.45) is 6.51. The zero-order valence-electron chi connectivity index (χ0n) is 13.3. The molecule has 0 saturated heterocycles. The van der Waals surface area contributed by atoms with E-state index in [1.807, 2.05) is 0 Å². The van der Waals surface area contributed by atoms with Crippen LogP contribution in [0, 0.1) is 0 Å². The monoisotopic (exact) mass is 288 g/mol. The van der Waals surface area contributed by atoms with Gasteiger partial charge in [-0.05, 0) is 57.3 Å². The minimum absolute atomic E-state index is 0.252. The van der Waals surface area contributed by atoms with Crippen LogP contribution < -0.4 is 5.32 Å². The molecule has 3 rings (SSSR count). The van der Waals surface area contributed by atoms with E-state index in [1.165, 1.54) is 36.8 Å². The molecule has 0 spiro atoms. The highest BCUT2D eigenvalue weighted by Crippen LogP contribution is 2.29. The number of rotatable bonds is 4. The quantitative estimate of drug-likeness (QED) is 0.922. The summed E-state index contributed by atoms with van der Waals surface area (Å²) < 4.78 is 6.05. The largest absolute Gasteiger partial charge is 0.372 e. The molecule has 116 valence electrons. The second kappa shape index (κ2) is 6.91. The number of benzene rings is 1. The van der Waals surface area contributed by atoms with Gasteiger partial charge in [-0.1, -0.05) is 24.3 Å². The van der Waals surface area contributed by atoms with Gasteiger partial charge in [-0.15, -0.1) is 0 Å². The van der Waals surface area contributed by atoms with Gasteiger partial charge in [-0.25, -0.2) is 0 Å². The van der Waals surface area contributed by atoms with Crippen LogP contribution in [-0.4, -0.2) is 44.2 Å². The number of ether oxygens (including phenoxy) is 1. The Hall–Kier alpha value is -0.900. The molecule has 1 saturated carbocycles. The average Bonchev–Trinajstić information content (AvgIpc) is 2.55. The number of hydrogen-bond donors (Lipinski definition) is 1. The maximum atomic E-state index is 6.05. The van der Waals surface area contributed by atoms with Crippen molar-refractivity contribution in [2.24, 2.45) is 0 Å². The first-order valence-electron chi connectivity index (χ1n) is 8.35. The van der Waals surface area contributed by atoms with Crippen molar-refractivity contribution < 1.29 is 4.74 Å². The third kappa shape index (κ3) is 3.47. The van der Waals surface area contributed by atoms with Crippen LogP contribution in [0.15, 0.2) is 24.3 Å². The third-order valence-corrected chi connectivity index (χ3v) is 5.27. The molecule has 3 nitrogen and oxygen atoms in total. The van der Waals surface area contributed by atoms with Gasteiger partial charge in [0.1, 0.15) is 0 Å². The lowest BCUT2D eigenvalue weighted by Crippen LogP contribution is -2.42. The molecule has 21 heavy (non-hydrogen) atoms. The van der Waals surface area contributed by atoms with Gasteiger partial charge in [0, 0.05) is 18.6 Å². The maximum absolute atomic E-state index is 6.05. The minimum Gasteiger partial charge on any atom is -0.372 e. The van der Waals surface area contributed by atoms with Gasteiger partial charge in [0.2, 0.25) is 0 Å². The predicted molar refractivity (Wildman–Crippen MR) is 86.6 cm³/mol. The van der Waals surface area contributed by atoms with Gasteiger partial charge in [-0.3, -0.25) is 0 Å². The van der Waals surface area contributed by atoms with Gasteiger partial charge in [-0.2, -0.15) is 0 Å². The van der Waals surface area contributed by atoms with Crippen LogP contribution in [0.2, 0.25) is 0 Å². The first-order chi connectivity index (χ1) is 10.3. The second-order valence-corrected chi connectivity index (χ2v) is 6.54. The molecule has 1 aromatic carbocycles. The van der Waals surface area contributed by atoms with E-state index in [0.717, 1.165) is 25.6 Å². The highest BCUT2D eigenvalue weighted by atomic mass is 16.5. The van der Waals surface area contributed by atoms with Gasteiger partial charge < -0.3 is 15.0 Å². The second-order valence-electron chi connectivity index (χ2n) is 6.54. The Balaban J connectivity index is 1.60. The summed E-state index contributed by atoms with van der Waals surface area (Å²) in [5, 5.41) is 3.41. The summed E-state index contributed by atoms with van der Waals surface area (Å²) in [5.74, 6) is 0. The Morgan fingerprint density at radius 3 is 2.71 bits per heavy atom. The van der Waals surface area contributed by atoms with Crippen molar-refractivity contribution >= 4 is 0 Å². The van der Waals surface area contributed by atoms with E-state index in [-0.39, 0.29) is 6.10 Å². The van der Waals surface area contributed by atoms with E-state index in [2.05, 4.69) is 48.6 Å². The van der Waals surface area contributed by atoms with E-state index in [0.29, 0.717) is 6.04 Å². The van der Waals surface area contributed by atoms with Gasteiger partial charge in [0.25, 0.3) is 0 Å². The lowest BCUT2D eigenvalue weighted by molar-refractivity contribution is 0.00830. The summed E-state index contributed by atoms with van der Waals surface area (Å²) in [6, 6.07) is 10.2. The topological polar surface area (TPSA) is 24.5 Å². The SMILES string of the molecule is CNC1CCC(N(C)CC2OCCc3ccccc32)CC1. The van der Waals surface area contributed by atoms with Crippen molar-refractivity contribution in [3.8, 4) is 0 Å². The van der Waals surface area contributed by atoms with Crippen LogP contribution >= 0.6 is 0 Å². The fourth-order valence-corrected chi connectivity index (χ4v) is 3.84. The van der Waals surface area contributed by atoms with Crippen LogP contribution in [0.5, 0.6) is 0 Å². The van der Waals surface area contributed by atoms with Crippen LogP contribution in [0.1, 0.15) is 42.9 Å². The van der Waals surface area contributed by atoms with E-state index in [4.69, 9.17) is 4.74 Å². The Morgan fingerprint density at radius 2 is 1.95 bits per heavy atom. The van der Waals surface area contributed by atoms with E-state index in [1.54, 1.807) is 0 Å². The Kier molecular flexibility index (Phi) is 4.94. The third-order valence-electron chi connectivity index (χ3n) is 5.27. The normalized spacial score (nSPS) is 29.4. The summed E-state index contributed by atoms with van der Waals surface area (Å²) in [4.78, 5) is 2.53. The first-order valence-corrected chi connectivity index (χ1v) is 8.35. The molecule has 1 aliphatic heterocycles. The Bertz CT molecular complexity index is 454. The fourth-order valence-electron chi connectivity index (χ4n) is 3.84. The predicted octanol–water partition coefficient (Wildman–Crippen LogP) is 2.76.